The summed E-state index contributed by atoms with van der Waals surface area (Å²) < 4.78 is 4.93. The van der Waals surface area contributed by atoms with E-state index in [0.717, 1.165) is 6.42 Å². The molecule has 0 N–H and O–H groups in total. The molecule has 1 rings (SSSR count). The summed E-state index contributed by atoms with van der Waals surface area (Å²) in [7, 11) is 0. The smallest absolute Gasteiger partial charge is 0.234 e. The van der Waals surface area contributed by atoms with Crippen LogP contribution < -0.4 is 4.57 Å². The monoisotopic (exact) mass is 293 g/mol. The van der Waals surface area contributed by atoms with Gasteiger partial charge >= 0.3 is 0 Å². The van der Waals surface area contributed by atoms with Gasteiger partial charge in [-0.3, -0.25) is 0 Å². The van der Waals surface area contributed by atoms with E-state index in [2.05, 4.69) is 42.3 Å². The summed E-state index contributed by atoms with van der Waals surface area (Å²) in [6.07, 6.45) is 19.5. The number of hydrogen-bond acceptors (Lipinski definition) is 0. The van der Waals surface area contributed by atoms with Crippen molar-refractivity contribution in [3.8, 4) is 0 Å². The van der Waals surface area contributed by atoms with Crippen molar-refractivity contribution in [1.82, 2.24) is 4.57 Å². The number of unbranched alkanes of at least 4 members (excludes halogenated alkanes) is 8. The summed E-state index contributed by atoms with van der Waals surface area (Å²) >= 11 is 0. The van der Waals surface area contributed by atoms with E-state index in [1.54, 1.807) is 0 Å². The molecule has 0 atom stereocenters. The van der Waals surface area contributed by atoms with Gasteiger partial charge in [-0.05, 0) is 19.3 Å². The maximum Gasteiger partial charge on any atom is 0.256 e. The standard InChI is InChI=1S/C19H37N2/c1-4-7-9-10-11-12-13-14-16-21-18-17-20(15-8-5-2)19(21)6-3/h17-18H,4-16H2,1-3H3/q+1. The Hall–Kier alpha value is -0.790. The average molecular weight is 294 g/mol. The quantitative estimate of drug-likeness (QED) is 0.346. The largest absolute Gasteiger partial charge is 0.256 e. The van der Waals surface area contributed by atoms with Crippen LogP contribution in [0.5, 0.6) is 0 Å². The SMILES string of the molecule is CCCCCCCCCC[n+]1ccn(CCCC)c1CC. The van der Waals surface area contributed by atoms with Crippen LogP contribution in [0.4, 0.5) is 0 Å². The summed E-state index contributed by atoms with van der Waals surface area (Å²) in [5, 5.41) is 0. The first-order valence-electron chi connectivity index (χ1n) is 9.40. The zero-order valence-corrected chi connectivity index (χ0v) is 14.7. The van der Waals surface area contributed by atoms with Crippen LogP contribution in [-0.2, 0) is 19.5 Å². The van der Waals surface area contributed by atoms with Crippen molar-refractivity contribution in [3.63, 3.8) is 0 Å². The van der Waals surface area contributed by atoms with Crippen molar-refractivity contribution in [2.24, 2.45) is 0 Å². The zero-order valence-electron chi connectivity index (χ0n) is 14.7. The lowest BCUT2D eigenvalue weighted by molar-refractivity contribution is -0.704. The Morgan fingerprint density at radius 3 is 2.05 bits per heavy atom. The molecule has 0 spiro atoms. The van der Waals surface area contributed by atoms with Gasteiger partial charge in [0, 0.05) is 6.42 Å². The summed E-state index contributed by atoms with van der Waals surface area (Å²) in [4.78, 5) is 0. The molecular formula is C19H37N2+. The number of hydrogen-bond donors (Lipinski definition) is 0. The first-order chi connectivity index (χ1) is 10.3. The van der Waals surface area contributed by atoms with Crippen molar-refractivity contribution in [2.75, 3.05) is 0 Å². The minimum absolute atomic E-state index is 1.15. The van der Waals surface area contributed by atoms with E-state index < -0.39 is 0 Å². The number of nitrogens with zero attached hydrogens (tertiary/aromatic N) is 2. The number of aromatic nitrogens is 2. The Kier molecular flexibility index (Phi) is 10.3. The van der Waals surface area contributed by atoms with E-state index in [1.807, 2.05) is 0 Å². The van der Waals surface area contributed by atoms with E-state index in [9.17, 15) is 0 Å². The third-order valence-corrected chi connectivity index (χ3v) is 4.41. The Bertz CT molecular complexity index is 354. The van der Waals surface area contributed by atoms with Crippen LogP contribution in [-0.4, -0.2) is 4.57 Å². The maximum absolute atomic E-state index is 2.48. The highest BCUT2D eigenvalue weighted by Crippen LogP contribution is 2.08. The van der Waals surface area contributed by atoms with Crippen LogP contribution in [0.15, 0.2) is 12.4 Å². The highest BCUT2D eigenvalue weighted by molar-refractivity contribution is 4.82. The topological polar surface area (TPSA) is 8.81 Å². The van der Waals surface area contributed by atoms with Crippen LogP contribution in [0, 0.1) is 0 Å². The third-order valence-electron chi connectivity index (χ3n) is 4.41. The zero-order chi connectivity index (χ0) is 15.3. The van der Waals surface area contributed by atoms with Crippen molar-refractivity contribution < 1.29 is 4.57 Å². The molecule has 0 unspecified atom stereocenters. The van der Waals surface area contributed by atoms with Gasteiger partial charge in [-0.2, -0.15) is 0 Å². The van der Waals surface area contributed by atoms with Gasteiger partial charge in [0.05, 0.1) is 13.1 Å². The Morgan fingerprint density at radius 2 is 1.43 bits per heavy atom. The highest BCUT2D eigenvalue weighted by Gasteiger charge is 2.13. The predicted molar refractivity (Wildman–Crippen MR) is 91.5 cm³/mol. The van der Waals surface area contributed by atoms with Crippen LogP contribution in [0.2, 0.25) is 0 Å². The molecule has 0 saturated heterocycles. The normalized spacial score (nSPS) is 11.2. The van der Waals surface area contributed by atoms with Crippen LogP contribution in [0.1, 0.15) is 90.8 Å². The predicted octanol–water partition coefficient (Wildman–Crippen LogP) is 5.28. The second-order valence-electron chi connectivity index (χ2n) is 6.28. The minimum Gasteiger partial charge on any atom is -0.234 e. The van der Waals surface area contributed by atoms with Gasteiger partial charge in [-0.1, -0.05) is 65.7 Å². The molecule has 0 aliphatic rings. The summed E-state index contributed by atoms with van der Waals surface area (Å²) in [6.45, 7) is 9.22. The molecule has 2 heteroatoms. The maximum atomic E-state index is 2.48. The first-order valence-corrected chi connectivity index (χ1v) is 9.40. The summed E-state index contributed by atoms with van der Waals surface area (Å²) in [5.74, 6) is 1.51. The molecule has 0 aliphatic heterocycles. The second kappa shape index (κ2) is 11.8. The van der Waals surface area contributed by atoms with Gasteiger partial charge in [0.1, 0.15) is 12.4 Å². The van der Waals surface area contributed by atoms with Gasteiger partial charge in [-0.15, -0.1) is 0 Å². The lowest BCUT2D eigenvalue weighted by Crippen LogP contribution is -2.37. The fourth-order valence-electron chi connectivity index (χ4n) is 3.06. The molecule has 1 aromatic rings. The molecule has 0 bridgehead atoms. The molecule has 0 radical (unpaired) electrons. The molecule has 0 aromatic carbocycles. The molecule has 1 aromatic heterocycles. The average Bonchev–Trinajstić information content (AvgIpc) is 2.89. The van der Waals surface area contributed by atoms with Gasteiger partial charge in [0.25, 0.3) is 5.82 Å². The van der Waals surface area contributed by atoms with Crippen molar-refractivity contribution in [1.29, 1.82) is 0 Å². The number of imidazole rings is 1. The molecule has 122 valence electrons. The summed E-state index contributed by atoms with van der Waals surface area (Å²) in [6, 6.07) is 0. The van der Waals surface area contributed by atoms with Gasteiger partial charge < -0.3 is 0 Å². The van der Waals surface area contributed by atoms with Crippen LogP contribution in [0.25, 0.3) is 0 Å². The lowest BCUT2D eigenvalue weighted by atomic mass is 10.1. The van der Waals surface area contributed by atoms with Crippen molar-refractivity contribution in [2.45, 2.75) is 104 Å². The van der Waals surface area contributed by atoms with E-state index >= 15 is 0 Å². The minimum atomic E-state index is 1.15. The van der Waals surface area contributed by atoms with Gasteiger partial charge in [-0.25, -0.2) is 9.13 Å². The molecule has 0 aliphatic carbocycles. The molecular weight excluding hydrogens is 256 g/mol. The summed E-state index contributed by atoms with van der Waals surface area (Å²) in [5.41, 5.74) is 0. The molecule has 2 nitrogen and oxygen atoms in total. The Balaban J connectivity index is 2.21. The highest BCUT2D eigenvalue weighted by atomic mass is 15.1. The molecule has 0 fully saturated rings. The van der Waals surface area contributed by atoms with E-state index in [4.69, 9.17) is 0 Å². The van der Waals surface area contributed by atoms with Gasteiger partial charge in [0.15, 0.2) is 0 Å². The Labute approximate surface area is 132 Å². The van der Waals surface area contributed by atoms with Gasteiger partial charge in [0.2, 0.25) is 0 Å². The van der Waals surface area contributed by atoms with Crippen LogP contribution in [0.3, 0.4) is 0 Å². The van der Waals surface area contributed by atoms with Crippen molar-refractivity contribution in [3.05, 3.63) is 18.2 Å². The third kappa shape index (κ3) is 7.15. The fourth-order valence-corrected chi connectivity index (χ4v) is 3.06. The lowest BCUT2D eigenvalue weighted by Gasteiger charge is -2.04. The molecule has 0 amide bonds. The molecule has 21 heavy (non-hydrogen) atoms. The second-order valence-corrected chi connectivity index (χ2v) is 6.28. The fraction of sp³-hybridized carbons (Fsp3) is 0.842. The van der Waals surface area contributed by atoms with Crippen LogP contribution >= 0.6 is 0 Å². The number of aryl methyl sites for hydroxylation is 2. The Morgan fingerprint density at radius 1 is 0.810 bits per heavy atom. The first kappa shape index (κ1) is 18.3. The number of rotatable bonds is 13. The van der Waals surface area contributed by atoms with E-state index in [-0.39, 0.29) is 0 Å². The van der Waals surface area contributed by atoms with Crippen molar-refractivity contribution >= 4 is 0 Å². The molecule has 0 saturated carbocycles. The molecule has 1 heterocycles. The van der Waals surface area contributed by atoms with E-state index in [1.165, 1.54) is 83.1 Å². The van der Waals surface area contributed by atoms with E-state index in [0.29, 0.717) is 0 Å².